The second-order valence-electron chi connectivity index (χ2n) is 6.23. The van der Waals surface area contributed by atoms with Gasteiger partial charge in [0.1, 0.15) is 0 Å². The number of rotatable bonds is 7. The summed E-state index contributed by atoms with van der Waals surface area (Å²) in [4.78, 5) is 11.9. The van der Waals surface area contributed by atoms with Gasteiger partial charge in [-0.25, -0.2) is 0 Å². The molecule has 114 valence electrons. The Bertz CT molecular complexity index is 602. The highest BCUT2D eigenvalue weighted by Crippen LogP contribution is 2.18. The molecular formula is C17H24N2O2. The number of fused-ring (bicyclic) bond motifs is 1. The van der Waals surface area contributed by atoms with E-state index in [1.165, 1.54) is 5.39 Å². The average molecular weight is 288 g/mol. The van der Waals surface area contributed by atoms with Crippen LogP contribution in [0, 0.1) is 5.41 Å². The molecular weight excluding hydrogens is 264 g/mol. The third kappa shape index (κ3) is 4.33. The van der Waals surface area contributed by atoms with Gasteiger partial charge in [-0.05, 0) is 29.4 Å². The second kappa shape index (κ2) is 6.76. The minimum Gasteiger partial charge on any atom is -0.396 e. The van der Waals surface area contributed by atoms with Crippen LogP contribution in [-0.4, -0.2) is 28.7 Å². The number of amides is 1. The topological polar surface area (TPSA) is 54.3 Å². The molecule has 1 aromatic carbocycles. The minimum atomic E-state index is -0.0649. The van der Waals surface area contributed by atoms with Gasteiger partial charge in [-0.3, -0.25) is 4.79 Å². The van der Waals surface area contributed by atoms with E-state index in [0.717, 1.165) is 5.52 Å². The van der Waals surface area contributed by atoms with Crippen LogP contribution in [0.2, 0.25) is 0 Å². The lowest BCUT2D eigenvalue weighted by Gasteiger charge is -2.23. The summed E-state index contributed by atoms with van der Waals surface area (Å²) >= 11 is 0. The Balaban J connectivity index is 1.84. The van der Waals surface area contributed by atoms with Crippen molar-refractivity contribution in [2.45, 2.75) is 33.2 Å². The molecule has 0 atom stereocenters. The van der Waals surface area contributed by atoms with Crippen molar-refractivity contribution in [3.05, 3.63) is 36.5 Å². The fourth-order valence-electron chi connectivity index (χ4n) is 2.37. The van der Waals surface area contributed by atoms with Crippen LogP contribution in [0.1, 0.15) is 26.7 Å². The predicted molar refractivity (Wildman–Crippen MR) is 85.0 cm³/mol. The number of aliphatic hydroxyl groups is 1. The number of para-hydroxylation sites is 1. The maximum atomic E-state index is 11.9. The first-order valence-corrected chi connectivity index (χ1v) is 7.43. The molecule has 0 aliphatic rings. The van der Waals surface area contributed by atoms with Gasteiger partial charge >= 0.3 is 0 Å². The van der Waals surface area contributed by atoms with Crippen molar-refractivity contribution in [3.63, 3.8) is 0 Å². The molecule has 0 unspecified atom stereocenters. The van der Waals surface area contributed by atoms with Crippen LogP contribution >= 0.6 is 0 Å². The summed E-state index contributed by atoms with van der Waals surface area (Å²) in [5.74, 6) is 0.0544. The number of carbonyl (C=O) groups is 1. The summed E-state index contributed by atoms with van der Waals surface area (Å²) < 4.78 is 2.10. The molecule has 2 rings (SSSR count). The van der Waals surface area contributed by atoms with E-state index in [9.17, 15) is 4.79 Å². The Labute approximate surface area is 125 Å². The highest BCUT2D eigenvalue weighted by molar-refractivity contribution is 5.80. The fraction of sp³-hybridized carbons (Fsp3) is 0.471. The smallest absolute Gasteiger partial charge is 0.221 e. The molecule has 21 heavy (non-hydrogen) atoms. The predicted octanol–water partition coefficient (Wildman–Crippen LogP) is 2.56. The first-order valence-electron chi connectivity index (χ1n) is 7.43. The summed E-state index contributed by atoms with van der Waals surface area (Å²) in [7, 11) is 0. The summed E-state index contributed by atoms with van der Waals surface area (Å²) in [6, 6.07) is 10.2. The van der Waals surface area contributed by atoms with Gasteiger partial charge in [0.2, 0.25) is 5.91 Å². The minimum absolute atomic E-state index is 0.0544. The Morgan fingerprint density at radius 1 is 1.29 bits per heavy atom. The van der Waals surface area contributed by atoms with Crippen molar-refractivity contribution in [1.82, 2.24) is 9.88 Å². The molecule has 0 fully saturated rings. The standard InChI is InChI=1S/C17H24N2O2/c1-17(2,9-12-20)13-18-16(21)8-11-19-10-7-14-5-3-4-6-15(14)19/h3-7,10,20H,8-9,11-13H2,1-2H3,(H,18,21). The molecule has 2 N–H and O–H groups in total. The van der Waals surface area contributed by atoms with Gasteiger partial charge in [0.15, 0.2) is 0 Å². The van der Waals surface area contributed by atoms with E-state index in [2.05, 4.69) is 28.1 Å². The maximum absolute atomic E-state index is 11.9. The lowest BCUT2D eigenvalue weighted by molar-refractivity contribution is -0.121. The molecule has 0 aliphatic carbocycles. The number of hydrogen-bond acceptors (Lipinski definition) is 2. The quantitative estimate of drug-likeness (QED) is 0.822. The number of aryl methyl sites for hydroxylation is 1. The summed E-state index contributed by atoms with van der Waals surface area (Å²) in [6.45, 7) is 5.52. The normalized spacial score (nSPS) is 11.8. The summed E-state index contributed by atoms with van der Waals surface area (Å²) in [5, 5.41) is 13.1. The zero-order valence-electron chi connectivity index (χ0n) is 12.8. The molecule has 0 radical (unpaired) electrons. The van der Waals surface area contributed by atoms with Crippen LogP contribution in [0.4, 0.5) is 0 Å². The van der Waals surface area contributed by atoms with E-state index in [1.54, 1.807) is 0 Å². The lowest BCUT2D eigenvalue weighted by Crippen LogP contribution is -2.34. The Morgan fingerprint density at radius 2 is 2.05 bits per heavy atom. The van der Waals surface area contributed by atoms with E-state index in [-0.39, 0.29) is 17.9 Å². The Kier molecular flexibility index (Phi) is 5.02. The van der Waals surface area contributed by atoms with Gasteiger partial charge in [-0.2, -0.15) is 0 Å². The van der Waals surface area contributed by atoms with E-state index < -0.39 is 0 Å². The molecule has 0 saturated heterocycles. The third-order valence-electron chi connectivity index (χ3n) is 3.81. The third-order valence-corrected chi connectivity index (χ3v) is 3.81. The number of carbonyl (C=O) groups excluding carboxylic acids is 1. The summed E-state index contributed by atoms with van der Waals surface area (Å²) in [6.07, 6.45) is 3.18. The van der Waals surface area contributed by atoms with Crippen LogP contribution in [-0.2, 0) is 11.3 Å². The van der Waals surface area contributed by atoms with E-state index in [1.807, 2.05) is 32.2 Å². The van der Waals surface area contributed by atoms with Crippen molar-refractivity contribution in [2.75, 3.05) is 13.2 Å². The molecule has 0 bridgehead atoms. The first kappa shape index (κ1) is 15.6. The molecule has 0 aliphatic heterocycles. The SMILES string of the molecule is CC(C)(CCO)CNC(=O)CCn1ccc2ccccc21. The van der Waals surface area contributed by atoms with Crippen molar-refractivity contribution in [2.24, 2.45) is 5.41 Å². The molecule has 0 spiro atoms. The van der Waals surface area contributed by atoms with Crippen molar-refractivity contribution >= 4 is 16.8 Å². The number of aliphatic hydroxyl groups excluding tert-OH is 1. The van der Waals surface area contributed by atoms with Crippen molar-refractivity contribution in [3.8, 4) is 0 Å². The van der Waals surface area contributed by atoms with E-state index in [0.29, 0.717) is 25.9 Å². The van der Waals surface area contributed by atoms with Crippen LogP contribution in [0.25, 0.3) is 10.9 Å². The van der Waals surface area contributed by atoms with Gasteiger partial charge in [0.05, 0.1) is 0 Å². The van der Waals surface area contributed by atoms with Crippen molar-refractivity contribution in [1.29, 1.82) is 0 Å². The highest BCUT2D eigenvalue weighted by Gasteiger charge is 2.17. The van der Waals surface area contributed by atoms with Crippen LogP contribution < -0.4 is 5.32 Å². The number of hydrogen-bond donors (Lipinski definition) is 2. The zero-order chi connectivity index (χ0) is 15.3. The second-order valence-corrected chi connectivity index (χ2v) is 6.23. The van der Waals surface area contributed by atoms with Gasteiger partial charge in [-0.15, -0.1) is 0 Å². The van der Waals surface area contributed by atoms with Crippen LogP contribution in [0.3, 0.4) is 0 Å². The van der Waals surface area contributed by atoms with Gasteiger partial charge in [0, 0.05) is 37.8 Å². The van der Waals surface area contributed by atoms with Crippen LogP contribution in [0.15, 0.2) is 36.5 Å². The summed E-state index contributed by atoms with van der Waals surface area (Å²) in [5.41, 5.74) is 1.09. The molecule has 0 saturated carbocycles. The van der Waals surface area contributed by atoms with Gasteiger partial charge in [-0.1, -0.05) is 32.0 Å². The molecule has 4 heteroatoms. The number of aromatic nitrogens is 1. The average Bonchev–Trinajstić information content (AvgIpc) is 2.86. The lowest BCUT2D eigenvalue weighted by atomic mass is 9.90. The number of benzene rings is 1. The largest absolute Gasteiger partial charge is 0.396 e. The molecule has 1 heterocycles. The van der Waals surface area contributed by atoms with Crippen molar-refractivity contribution < 1.29 is 9.90 Å². The Morgan fingerprint density at radius 3 is 2.81 bits per heavy atom. The maximum Gasteiger partial charge on any atom is 0.221 e. The fourth-order valence-corrected chi connectivity index (χ4v) is 2.37. The Hall–Kier alpha value is -1.81. The number of nitrogens with one attached hydrogen (secondary N) is 1. The highest BCUT2D eigenvalue weighted by atomic mass is 16.3. The van der Waals surface area contributed by atoms with E-state index >= 15 is 0 Å². The molecule has 4 nitrogen and oxygen atoms in total. The molecule has 1 amide bonds. The number of nitrogens with zero attached hydrogens (tertiary/aromatic N) is 1. The first-order chi connectivity index (χ1) is 10.0. The van der Waals surface area contributed by atoms with E-state index in [4.69, 9.17) is 5.11 Å². The molecule has 2 aromatic rings. The molecule has 1 aromatic heterocycles. The zero-order valence-corrected chi connectivity index (χ0v) is 12.8. The monoisotopic (exact) mass is 288 g/mol. The van der Waals surface area contributed by atoms with Crippen LogP contribution in [0.5, 0.6) is 0 Å². The van der Waals surface area contributed by atoms with Gasteiger partial charge in [0.25, 0.3) is 0 Å². The van der Waals surface area contributed by atoms with Gasteiger partial charge < -0.3 is 15.0 Å².